The fourth-order valence-electron chi connectivity index (χ4n) is 6.61. The van der Waals surface area contributed by atoms with Crippen LogP contribution in [0.4, 0.5) is 0 Å². The lowest BCUT2D eigenvalue weighted by molar-refractivity contribution is -0.892. The van der Waals surface area contributed by atoms with Crippen molar-refractivity contribution in [3.8, 4) is 0 Å². The zero-order chi connectivity index (χ0) is 19.3. The Kier molecular flexibility index (Phi) is 7.27. The van der Waals surface area contributed by atoms with Gasteiger partial charge in [-0.25, -0.2) is 0 Å². The first kappa shape index (κ1) is 21.1. The van der Waals surface area contributed by atoms with Crippen molar-refractivity contribution >= 4 is 5.91 Å². The molecule has 156 valence electrons. The van der Waals surface area contributed by atoms with Gasteiger partial charge in [0.2, 0.25) is 5.91 Å². The van der Waals surface area contributed by atoms with E-state index in [2.05, 4.69) is 26.3 Å². The monoisotopic (exact) mass is 377 g/mol. The first-order valence-electron chi connectivity index (χ1n) is 12.0. The number of unbranched alkanes of at least 4 members (excludes halogenated alkanes) is 7. The van der Waals surface area contributed by atoms with Crippen molar-refractivity contribution in [3.05, 3.63) is 0 Å². The van der Waals surface area contributed by atoms with E-state index in [9.17, 15) is 4.79 Å². The molecule has 0 saturated heterocycles. The molecule has 0 spiro atoms. The Morgan fingerprint density at radius 3 is 1.85 bits per heavy atom. The Balaban J connectivity index is 1.33. The Bertz CT molecular complexity index is 449. The lowest BCUT2D eigenvalue weighted by Crippen LogP contribution is -2.57. The maximum atomic E-state index is 13.1. The Morgan fingerprint density at radius 1 is 0.852 bits per heavy atom. The van der Waals surface area contributed by atoms with Gasteiger partial charge in [0.25, 0.3) is 0 Å². The van der Waals surface area contributed by atoms with Crippen LogP contribution >= 0.6 is 0 Å². The average Bonchev–Trinajstić information content (AvgIpc) is 2.61. The molecule has 0 unspecified atom stereocenters. The third kappa shape index (κ3) is 5.71. The standard InChI is InChI=1S/C24H44N2O/c1-4-5-6-7-8-9-10-11-12-26(2,3)19-25-23(27)24-16-20-13-21(17-24)15-22(14-20)18-24/h20-22H,4-19H2,1-3H3/p+1. The third-order valence-electron chi connectivity index (χ3n) is 7.80. The van der Waals surface area contributed by atoms with Gasteiger partial charge in [-0.15, -0.1) is 0 Å². The van der Waals surface area contributed by atoms with Crippen molar-refractivity contribution in [2.75, 3.05) is 27.3 Å². The van der Waals surface area contributed by atoms with Crippen molar-refractivity contribution in [1.29, 1.82) is 0 Å². The van der Waals surface area contributed by atoms with Crippen molar-refractivity contribution < 1.29 is 9.28 Å². The van der Waals surface area contributed by atoms with Gasteiger partial charge in [0.05, 0.1) is 26.1 Å². The fourth-order valence-corrected chi connectivity index (χ4v) is 6.61. The molecule has 0 aromatic heterocycles. The van der Waals surface area contributed by atoms with Crippen LogP contribution in [0.3, 0.4) is 0 Å². The average molecular weight is 378 g/mol. The minimum Gasteiger partial charge on any atom is -0.311 e. The van der Waals surface area contributed by atoms with E-state index in [1.807, 2.05) is 0 Å². The molecule has 4 aliphatic carbocycles. The first-order valence-corrected chi connectivity index (χ1v) is 12.0. The zero-order valence-corrected chi connectivity index (χ0v) is 18.4. The van der Waals surface area contributed by atoms with E-state index in [0.29, 0.717) is 5.91 Å². The molecule has 4 aliphatic rings. The molecule has 27 heavy (non-hydrogen) atoms. The van der Waals surface area contributed by atoms with Crippen LogP contribution in [0.15, 0.2) is 0 Å². The Morgan fingerprint density at radius 2 is 1.33 bits per heavy atom. The third-order valence-corrected chi connectivity index (χ3v) is 7.80. The van der Waals surface area contributed by atoms with E-state index in [4.69, 9.17) is 0 Å². The summed E-state index contributed by atoms with van der Waals surface area (Å²) in [4.78, 5) is 13.1. The van der Waals surface area contributed by atoms with Crippen LogP contribution in [-0.4, -0.2) is 37.7 Å². The number of nitrogens with zero attached hydrogens (tertiary/aromatic N) is 1. The minimum absolute atomic E-state index is 0.00718. The molecular weight excluding hydrogens is 332 g/mol. The number of carbonyl (C=O) groups is 1. The fraction of sp³-hybridized carbons (Fsp3) is 0.958. The van der Waals surface area contributed by atoms with E-state index in [1.165, 1.54) is 96.4 Å². The molecule has 0 heterocycles. The molecule has 0 aromatic rings. The van der Waals surface area contributed by atoms with Gasteiger partial charge in [-0.2, -0.15) is 0 Å². The molecular formula is C24H45N2O+. The summed E-state index contributed by atoms with van der Waals surface area (Å²) in [5.74, 6) is 2.94. The second-order valence-electron chi connectivity index (χ2n) is 11.0. The first-order chi connectivity index (χ1) is 12.9. The maximum Gasteiger partial charge on any atom is 0.230 e. The lowest BCUT2D eigenvalue weighted by atomic mass is 9.49. The van der Waals surface area contributed by atoms with Crippen molar-refractivity contribution in [2.45, 2.75) is 96.8 Å². The quantitative estimate of drug-likeness (QED) is 0.272. The van der Waals surface area contributed by atoms with E-state index in [0.717, 1.165) is 28.9 Å². The Hall–Kier alpha value is -0.570. The summed E-state index contributed by atoms with van der Waals surface area (Å²) in [6.45, 7) is 4.26. The van der Waals surface area contributed by atoms with Crippen LogP contribution in [0.25, 0.3) is 0 Å². The molecule has 1 N–H and O–H groups in total. The summed E-state index contributed by atoms with van der Waals surface area (Å²) in [5, 5.41) is 3.39. The number of carbonyl (C=O) groups excluding carboxylic acids is 1. The highest BCUT2D eigenvalue weighted by atomic mass is 16.2. The summed E-state index contributed by atoms with van der Waals surface area (Å²) in [6, 6.07) is 0. The maximum absolute atomic E-state index is 13.1. The number of nitrogens with one attached hydrogen (secondary N) is 1. The molecule has 0 radical (unpaired) electrons. The number of hydrogen-bond acceptors (Lipinski definition) is 1. The highest BCUT2D eigenvalue weighted by molar-refractivity contribution is 5.83. The molecule has 0 atom stereocenters. The van der Waals surface area contributed by atoms with Gasteiger partial charge < -0.3 is 9.80 Å². The zero-order valence-electron chi connectivity index (χ0n) is 18.4. The SMILES string of the molecule is CCCCCCCCCC[N+](C)(C)CNC(=O)C12CC3CC(CC(C3)C1)C2. The summed E-state index contributed by atoms with van der Waals surface area (Å²) in [5.41, 5.74) is 0.00718. The summed E-state index contributed by atoms with van der Waals surface area (Å²) < 4.78 is 0.925. The largest absolute Gasteiger partial charge is 0.311 e. The van der Waals surface area contributed by atoms with Gasteiger partial charge in [0.15, 0.2) is 6.67 Å². The topological polar surface area (TPSA) is 29.1 Å². The molecule has 0 aliphatic heterocycles. The number of rotatable bonds is 12. The van der Waals surface area contributed by atoms with Gasteiger partial charge in [0, 0.05) is 0 Å². The van der Waals surface area contributed by atoms with E-state index in [1.54, 1.807) is 0 Å². The predicted octanol–water partition coefficient (Wildman–Crippen LogP) is 5.49. The molecule has 3 nitrogen and oxygen atoms in total. The van der Waals surface area contributed by atoms with Crippen molar-refractivity contribution in [1.82, 2.24) is 5.32 Å². The van der Waals surface area contributed by atoms with Crippen molar-refractivity contribution in [2.24, 2.45) is 23.2 Å². The summed E-state index contributed by atoms with van der Waals surface area (Å²) >= 11 is 0. The second kappa shape index (κ2) is 9.29. The highest BCUT2D eigenvalue weighted by Gasteiger charge is 2.54. The Labute approximate surface area is 168 Å². The number of amides is 1. The van der Waals surface area contributed by atoms with Crippen LogP contribution in [-0.2, 0) is 4.79 Å². The van der Waals surface area contributed by atoms with E-state index < -0.39 is 0 Å². The number of quaternary nitrogens is 1. The smallest absolute Gasteiger partial charge is 0.230 e. The van der Waals surface area contributed by atoms with Crippen molar-refractivity contribution in [3.63, 3.8) is 0 Å². The normalized spacial score (nSPS) is 32.0. The van der Waals surface area contributed by atoms with Crippen LogP contribution in [0.1, 0.15) is 96.8 Å². The molecule has 4 fully saturated rings. The highest BCUT2D eigenvalue weighted by Crippen LogP contribution is 2.60. The van der Waals surface area contributed by atoms with Crippen LogP contribution in [0, 0.1) is 23.2 Å². The molecule has 1 amide bonds. The van der Waals surface area contributed by atoms with Crippen LogP contribution in [0.2, 0.25) is 0 Å². The van der Waals surface area contributed by atoms with Crippen LogP contribution in [0.5, 0.6) is 0 Å². The lowest BCUT2D eigenvalue weighted by Gasteiger charge is -2.55. The van der Waals surface area contributed by atoms with Gasteiger partial charge in [-0.3, -0.25) is 4.79 Å². The molecule has 4 rings (SSSR count). The molecule has 0 aromatic carbocycles. The van der Waals surface area contributed by atoms with Crippen LogP contribution < -0.4 is 5.32 Å². The van der Waals surface area contributed by atoms with Gasteiger partial charge in [-0.05, 0) is 69.1 Å². The van der Waals surface area contributed by atoms with Gasteiger partial charge in [-0.1, -0.05) is 45.4 Å². The summed E-state index contributed by atoms with van der Waals surface area (Å²) in [6.07, 6.45) is 18.7. The molecule has 4 bridgehead atoms. The van der Waals surface area contributed by atoms with Gasteiger partial charge in [0.1, 0.15) is 0 Å². The molecule has 4 saturated carbocycles. The van der Waals surface area contributed by atoms with E-state index in [-0.39, 0.29) is 5.41 Å². The molecule has 3 heteroatoms. The second-order valence-corrected chi connectivity index (χ2v) is 11.0. The predicted molar refractivity (Wildman–Crippen MR) is 113 cm³/mol. The summed E-state index contributed by atoms with van der Waals surface area (Å²) in [7, 11) is 4.56. The minimum atomic E-state index is 0.00718. The number of hydrogen-bond donors (Lipinski definition) is 1. The van der Waals surface area contributed by atoms with Gasteiger partial charge >= 0.3 is 0 Å². The van der Waals surface area contributed by atoms with E-state index >= 15 is 0 Å².